The Morgan fingerprint density at radius 1 is 1.21 bits per heavy atom. The van der Waals surface area contributed by atoms with Crippen LogP contribution in [0.15, 0.2) is 42.5 Å². The van der Waals surface area contributed by atoms with Crippen molar-refractivity contribution in [3.8, 4) is 5.75 Å². The summed E-state index contributed by atoms with van der Waals surface area (Å²) < 4.78 is 43.7. The lowest BCUT2D eigenvalue weighted by molar-refractivity contribution is -0.137. The molecule has 156 valence electrons. The maximum atomic E-state index is 12.7. The van der Waals surface area contributed by atoms with E-state index >= 15 is 0 Å². The molecule has 0 spiro atoms. The first-order valence-electron chi connectivity index (χ1n) is 9.30. The minimum Gasteiger partial charge on any atom is -0.487 e. The van der Waals surface area contributed by atoms with Crippen LogP contribution in [0.1, 0.15) is 47.2 Å². The summed E-state index contributed by atoms with van der Waals surface area (Å²) in [5.74, 6) is -0.107. The van der Waals surface area contributed by atoms with Crippen molar-refractivity contribution in [3.63, 3.8) is 0 Å². The van der Waals surface area contributed by atoms with E-state index in [0.29, 0.717) is 17.5 Å². The molecule has 2 atom stereocenters. The van der Waals surface area contributed by atoms with Gasteiger partial charge in [-0.15, -0.1) is 0 Å². The standard InChI is InChI=1S/C21H21ClF3NO3/c22-18-10-15(21(23,24)25)7-8-19(18)29-12-13-3-1-4-14(9-13)20(28)26-16-5-2-6-17(27)11-16/h1,3-4,7-10,16-17,27H,2,5-6,11-12H2,(H,26,28). The predicted octanol–water partition coefficient (Wildman–Crippen LogP) is 4.97. The molecule has 0 bridgehead atoms. The van der Waals surface area contributed by atoms with Gasteiger partial charge in [0, 0.05) is 11.6 Å². The quantitative estimate of drug-likeness (QED) is 0.708. The van der Waals surface area contributed by atoms with Crippen molar-refractivity contribution in [1.29, 1.82) is 0 Å². The van der Waals surface area contributed by atoms with E-state index in [2.05, 4.69) is 5.32 Å². The van der Waals surface area contributed by atoms with Crippen LogP contribution in [0.2, 0.25) is 5.02 Å². The second kappa shape index (κ2) is 9.05. The van der Waals surface area contributed by atoms with Crippen LogP contribution >= 0.6 is 11.6 Å². The van der Waals surface area contributed by atoms with Gasteiger partial charge in [-0.3, -0.25) is 4.79 Å². The maximum absolute atomic E-state index is 12.7. The topological polar surface area (TPSA) is 58.6 Å². The van der Waals surface area contributed by atoms with Crippen molar-refractivity contribution in [2.75, 3.05) is 0 Å². The highest BCUT2D eigenvalue weighted by molar-refractivity contribution is 6.32. The highest BCUT2D eigenvalue weighted by Gasteiger charge is 2.31. The Hall–Kier alpha value is -2.25. The minimum absolute atomic E-state index is 0.0499. The smallest absolute Gasteiger partial charge is 0.416 e. The molecule has 2 unspecified atom stereocenters. The van der Waals surface area contributed by atoms with Gasteiger partial charge in [0.25, 0.3) is 5.91 Å². The van der Waals surface area contributed by atoms with Crippen LogP contribution in [-0.2, 0) is 12.8 Å². The third kappa shape index (κ3) is 5.87. The zero-order valence-corrected chi connectivity index (χ0v) is 16.3. The number of halogens is 4. The second-order valence-corrected chi connectivity index (χ2v) is 7.53. The van der Waals surface area contributed by atoms with Gasteiger partial charge in [0.2, 0.25) is 0 Å². The van der Waals surface area contributed by atoms with Crippen LogP contribution in [0.4, 0.5) is 13.2 Å². The number of aliphatic hydroxyl groups is 1. The van der Waals surface area contributed by atoms with Gasteiger partial charge in [0.05, 0.1) is 16.7 Å². The molecule has 29 heavy (non-hydrogen) atoms. The maximum Gasteiger partial charge on any atom is 0.416 e. The van der Waals surface area contributed by atoms with Crippen molar-refractivity contribution < 1.29 is 27.8 Å². The van der Waals surface area contributed by atoms with E-state index in [4.69, 9.17) is 16.3 Å². The summed E-state index contributed by atoms with van der Waals surface area (Å²) in [5, 5.41) is 12.5. The summed E-state index contributed by atoms with van der Waals surface area (Å²) in [5.41, 5.74) is 0.281. The predicted molar refractivity (Wildman–Crippen MR) is 103 cm³/mol. The van der Waals surface area contributed by atoms with Gasteiger partial charge in [0.15, 0.2) is 0 Å². The Kier molecular flexibility index (Phi) is 6.70. The molecule has 4 nitrogen and oxygen atoms in total. The van der Waals surface area contributed by atoms with E-state index in [1.807, 2.05) is 0 Å². The molecule has 0 aliphatic heterocycles. The van der Waals surface area contributed by atoms with Crippen molar-refractivity contribution in [2.24, 2.45) is 0 Å². The molecule has 0 saturated heterocycles. The molecule has 2 N–H and O–H groups in total. The van der Waals surface area contributed by atoms with Gasteiger partial charge < -0.3 is 15.2 Å². The van der Waals surface area contributed by atoms with Gasteiger partial charge in [-0.25, -0.2) is 0 Å². The van der Waals surface area contributed by atoms with E-state index in [1.165, 1.54) is 6.07 Å². The van der Waals surface area contributed by atoms with Gasteiger partial charge in [-0.1, -0.05) is 23.7 Å². The van der Waals surface area contributed by atoms with Crippen LogP contribution in [-0.4, -0.2) is 23.2 Å². The number of nitrogens with one attached hydrogen (secondary N) is 1. The van der Waals surface area contributed by atoms with E-state index in [9.17, 15) is 23.1 Å². The van der Waals surface area contributed by atoms with Gasteiger partial charge in [0.1, 0.15) is 12.4 Å². The lowest BCUT2D eigenvalue weighted by atomic mass is 9.93. The third-order valence-corrected chi connectivity index (χ3v) is 5.12. The molecule has 1 fully saturated rings. The fourth-order valence-electron chi connectivity index (χ4n) is 3.32. The fraction of sp³-hybridized carbons (Fsp3) is 0.381. The molecule has 1 aliphatic carbocycles. The number of hydrogen-bond acceptors (Lipinski definition) is 3. The van der Waals surface area contributed by atoms with Gasteiger partial charge >= 0.3 is 6.18 Å². The van der Waals surface area contributed by atoms with E-state index in [1.54, 1.807) is 24.3 Å². The first-order chi connectivity index (χ1) is 13.7. The number of hydrogen-bond donors (Lipinski definition) is 2. The largest absolute Gasteiger partial charge is 0.487 e. The molecule has 1 amide bonds. The normalized spacial score (nSPS) is 19.6. The summed E-state index contributed by atoms with van der Waals surface area (Å²) in [6.45, 7) is 0.0499. The zero-order valence-electron chi connectivity index (χ0n) is 15.5. The van der Waals surface area contributed by atoms with Crippen LogP contribution in [0.5, 0.6) is 5.75 Å². The summed E-state index contributed by atoms with van der Waals surface area (Å²) in [6.07, 6.45) is -1.86. The highest BCUT2D eigenvalue weighted by Crippen LogP contribution is 2.35. The lowest BCUT2D eigenvalue weighted by Crippen LogP contribution is -2.39. The Bertz CT molecular complexity index is 872. The molecule has 0 radical (unpaired) electrons. The number of amides is 1. The molecular weight excluding hydrogens is 407 g/mol. The fourth-order valence-corrected chi connectivity index (χ4v) is 3.56. The van der Waals surface area contributed by atoms with Gasteiger partial charge in [-0.05, 0) is 61.6 Å². The van der Waals surface area contributed by atoms with Crippen LogP contribution in [0.3, 0.4) is 0 Å². The SMILES string of the molecule is O=C(NC1CCCC(O)C1)c1cccc(COc2ccc(C(F)(F)F)cc2Cl)c1. The van der Waals surface area contributed by atoms with Crippen molar-refractivity contribution in [2.45, 2.75) is 50.6 Å². The third-order valence-electron chi connectivity index (χ3n) is 4.82. The number of aliphatic hydroxyl groups excluding tert-OH is 1. The number of benzene rings is 2. The highest BCUT2D eigenvalue weighted by atomic mass is 35.5. The molecule has 8 heteroatoms. The van der Waals surface area contributed by atoms with E-state index in [0.717, 1.165) is 31.4 Å². The molecule has 1 saturated carbocycles. The Labute approximate surface area is 171 Å². The van der Waals surface area contributed by atoms with Crippen LogP contribution in [0, 0.1) is 0 Å². The minimum atomic E-state index is -4.47. The molecule has 3 rings (SSSR count). The summed E-state index contributed by atoms with van der Waals surface area (Å²) in [6, 6.07) is 9.63. The molecule has 1 aliphatic rings. The number of carbonyl (C=O) groups excluding carboxylic acids is 1. The Morgan fingerprint density at radius 3 is 2.69 bits per heavy atom. The van der Waals surface area contributed by atoms with Gasteiger partial charge in [-0.2, -0.15) is 13.2 Å². The van der Waals surface area contributed by atoms with E-state index < -0.39 is 11.7 Å². The monoisotopic (exact) mass is 427 g/mol. The lowest BCUT2D eigenvalue weighted by Gasteiger charge is -2.26. The first-order valence-corrected chi connectivity index (χ1v) is 9.67. The molecule has 2 aromatic rings. The van der Waals surface area contributed by atoms with Crippen molar-refractivity contribution in [1.82, 2.24) is 5.32 Å². The molecular formula is C21H21ClF3NO3. The Morgan fingerprint density at radius 2 is 2.00 bits per heavy atom. The Balaban J connectivity index is 1.62. The number of ether oxygens (including phenoxy) is 1. The average Bonchev–Trinajstić information content (AvgIpc) is 2.66. The number of alkyl halides is 3. The molecule has 0 heterocycles. The van der Waals surface area contributed by atoms with Crippen molar-refractivity contribution in [3.05, 3.63) is 64.2 Å². The van der Waals surface area contributed by atoms with Crippen LogP contribution < -0.4 is 10.1 Å². The zero-order chi connectivity index (χ0) is 21.0. The van der Waals surface area contributed by atoms with Crippen LogP contribution in [0.25, 0.3) is 0 Å². The summed E-state index contributed by atoms with van der Waals surface area (Å²) in [7, 11) is 0. The first kappa shape index (κ1) is 21.5. The molecule has 2 aromatic carbocycles. The van der Waals surface area contributed by atoms with Crippen molar-refractivity contribution >= 4 is 17.5 Å². The number of rotatable bonds is 5. The number of carbonyl (C=O) groups is 1. The van der Waals surface area contributed by atoms with E-state index in [-0.39, 0.29) is 35.4 Å². The second-order valence-electron chi connectivity index (χ2n) is 7.12. The average molecular weight is 428 g/mol. The summed E-state index contributed by atoms with van der Waals surface area (Å²) >= 11 is 5.89. The summed E-state index contributed by atoms with van der Waals surface area (Å²) in [4.78, 5) is 12.5. The molecule has 0 aromatic heterocycles.